The predicted octanol–water partition coefficient (Wildman–Crippen LogP) is 4.70. The third-order valence-electron chi connectivity index (χ3n) is 7.11. The average Bonchev–Trinajstić information content (AvgIpc) is 3.16. The van der Waals surface area contributed by atoms with Crippen LogP contribution in [-0.2, 0) is 15.1 Å². The first kappa shape index (κ1) is 19.7. The van der Waals surface area contributed by atoms with Crippen molar-refractivity contribution in [3.05, 3.63) is 47.1 Å². The zero-order chi connectivity index (χ0) is 20.6. The second-order valence-corrected chi connectivity index (χ2v) is 9.25. The Labute approximate surface area is 177 Å². The molecule has 2 heterocycles. The smallest absolute Gasteiger partial charge is 0.255 e. The van der Waals surface area contributed by atoms with Crippen molar-refractivity contribution < 1.29 is 14.1 Å². The highest BCUT2D eigenvalue weighted by molar-refractivity contribution is 5.83. The van der Waals surface area contributed by atoms with Gasteiger partial charge in [-0.2, -0.15) is 4.98 Å². The van der Waals surface area contributed by atoms with E-state index in [0.717, 1.165) is 51.6 Å². The molecular weight excluding hydrogens is 378 g/mol. The number of nitrogens with zero attached hydrogens (tertiary/aromatic N) is 2. The highest BCUT2D eigenvalue weighted by atomic mass is 16.5. The quantitative estimate of drug-likeness (QED) is 0.725. The maximum Gasteiger partial charge on any atom is 0.255 e. The second kappa shape index (κ2) is 8.14. The van der Waals surface area contributed by atoms with Gasteiger partial charge < -0.3 is 14.6 Å². The Bertz CT molecular complexity index is 895. The van der Waals surface area contributed by atoms with Crippen molar-refractivity contribution >= 4 is 5.91 Å². The van der Waals surface area contributed by atoms with Gasteiger partial charge in [-0.05, 0) is 56.1 Å². The first-order chi connectivity index (χ1) is 14.7. The van der Waals surface area contributed by atoms with Gasteiger partial charge in [-0.15, -0.1) is 0 Å². The number of ether oxygens (including phenoxy) is 1. The third kappa shape index (κ3) is 3.78. The van der Waals surface area contributed by atoms with Crippen LogP contribution in [-0.4, -0.2) is 22.7 Å². The number of carbonyl (C=O) groups is 1. The van der Waals surface area contributed by atoms with E-state index in [9.17, 15) is 4.79 Å². The van der Waals surface area contributed by atoms with Crippen molar-refractivity contribution in [2.75, 3.05) is 6.61 Å². The van der Waals surface area contributed by atoms with Crippen LogP contribution in [0.15, 0.2) is 28.8 Å². The molecule has 0 radical (unpaired) electrons. The lowest BCUT2D eigenvalue weighted by Crippen LogP contribution is -2.47. The van der Waals surface area contributed by atoms with Gasteiger partial charge in [0.15, 0.2) is 5.82 Å². The molecule has 5 rings (SSSR count). The summed E-state index contributed by atoms with van der Waals surface area (Å²) in [6, 6.07) is 8.40. The van der Waals surface area contributed by atoms with Gasteiger partial charge in [-0.3, -0.25) is 4.79 Å². The molecule has 0 bridgehead atoms. The molecule has 1 saturated heterocycles. The van der Waals surface area contributed by atoms with Crippen LogP contribution in [0, 0.1) is 12.8 Å². The molecule has 3 atom stereocenters. The summed E-state index contributed by atoms with van der Waals surface area (Å²) in [7, 11) is 0. The molecule has 3 fully saturated rings. The van der Waals surface area contributed by atoms with Gasteiger partial charge in [0, 0.05) is 12.5 Å². The van der Waals surface area contributed by atoms with E-state index < -0.39 is 5.54 Å². The first-order valence-electron chi connectivity index (χ1n) is 11.5. The van der Waals surface area contributed by atoms with Gasteiger partial charge in [-0.1, -0.05) is 55.1 Å². The number of hydrogen-bond acceptors (Lipinski definition) is 5. The Kier molecular flexibility index (Phi) is 5.35. The van der Waals surface area contributed by atoms with Crippen LogP contribution in [0.25, 0.3) is 0 Å². The number of aromatic nitrogens is 2. The fourth-order valence-electron chi connectivity index (χ4n) is 5.23. The summed E-state index contributed by atoms with van der Waals surface area (Å²) in [6.45, 7) is 2.87. The Morgan fingerprint density at radius 3 is 2.67 bits per heavy atom. The van der Waals surface area contributed by atoms with Crippen LogP contribution >= 0.6 is 0 Å². The number of carbonyl (C=O) groups excluding carboxylic acids is 1. The zero-order valence-corrected chi connectivity index (χ0v) is 17.7. The molecular formula is C24H31N3O3. The van der Waals surface area contributed by atoms with Crippen molar-refractivity contribution in [3.8, 4) is 0 Å². The van der Waals surface area contributed by atoms with Crippen LogP contribution < -0.4 is 5.32 Å². The van der Waals surface area contributed by atoms with Crippen LogP contribution in [0.2, 0.25) is 0 Å². The molecule has 6 nitrogen and oxygen atoms in total. The molecule has 1 aliphatic heterocycles. The number of nitrogens with one attached hydrogen (secondary N) is 1. The highest BCUT2D eigenvalue weighted by Crippen LogP contribution is 2.49. The summed E-state index contributed by atoms with van der Waals surface area (Å²) < 4.78 is 11.3. The molecule has 1 aromatic carbocycles. The van der Waals surface area contributed by atoms with Gasteiger partial charge in [-0.25, -0.2) is 0 Å². The third-order valence-corrected chi connectivity index (χ3v) is 7.11. The fourth-order valence-corrected chi connectivity index (χ4v) is 5.23. The Balaban J connectivity index is 1.36. The lowest BCUT2D eigenvalue weighted by molar-refractivity contribution is -0.124. The topological polar surface area (TPSA) is 77.2 Å². The Morgan fingerprint density at radius 1 is 1.13 bits per heavy atom. The van der Waals surface area contributed by atoms with Gasteiger partial charge in [0.25, 0.3) is 5.89 Å². The van der Waals surface area contributed by atoms with Gasteiger partial charge >= 0.3 is 0 Å². The molecule has 160 valence electrons. The van der Waals surface area contributed by atoms with Gasteiger partial charge in [0.1, 0.15) is 11.6 Å². The summed E-state index contributed by atoms with van der Waals surface area (Å²) in [6.07, 6.45) is 8.99. The number of benzene rings is 1. The molecule has 1 N–H and O–H groups in total. The molecule has 0 unspecified atom stereocenters. The standard InChI is InChI=1S/C24H31N3O3/c1-16-9-4-5-10-17(16)18-15-19(18)21(28)26-24(12-6-2-3-7-13-24)23-25-22(30-27-23)20-11-8-14-29-20/h4-5,9-10,18-20H,2-3,6-8,11-15H2,1H3,(H,26,28)/t18-,19-,20+/m0/s1. The van der Waals surface area contributed by atoms with Crippen LogP contribution in [0.4, 0.5) is 0 Å². The molecule has 2 aromatic rings. The first-order valence-corrected chi connectivity index (χ1v) is 11.5. The maximum absolute atomic E-state index is 13.3. The van der Waals surface area contributed by atoms with Crippen molar-refractivity contribution in [3.63, 3.8) is 0 Å². The summed E-state index contributed by atoms with van der Waals surface area (Å²) in [4.78, 5) is 18.0. The number of rotatable bonds is 5. The molecule has 2 aliphatic carbocycles. The van der Waals surface area contributed by atoms with E-state index in [4.69, 9.17) is 14.2 Å². The molecule has 30 heavy (non-hydrogen) atoms. The van der Waals surface area contributed by atoms with E-state index in [2.05, 4.69) is 41.7 Å². The van der Waals surface area contributed by atoms with E-state index >= 15 is 0 Å². The minimum atomic E-state index is -0.521. The van der Waals surface area contributed by atoms with E-state index in [1.54, 1.807) is 0 Å². The molecule has 1 amide bonds. The van der Waals surface area contributed by atoms with Crippen LogP contribution in [0.3, 0.4) is 0 Å². The zero-order valence-electron chi connectivity index (χ0n) is 17.7. The highest BCUT2D eigenvalue weighted by Gasteiger charge is 2.48. The monoisotopic (exact) mass is 409 g/mol. The molecule has 1 aromatic heterocycles. The minimum Gasteiger partial charge on any atom is -0.368 e. The van der Waals surface area contributed by atoms with Crippen molar-refractivity contribution in [2.24, 2.45) is 5.92 Å². The average molecular weight is 410 g/mol. The normalized spacial score (nSPS) is 28.1. The van der Waals surface area contributed by atoms with Gasteiger partial charge in [0.05, 0.1) is 0 Å². The minimum absolute atomic E-state index is 0.0377. The van der Waals surface area contributed by atoms with E-state index in [1.165, 1.54) is 24.0 Å². The van der Waals surface area contributed by atoms with E-state index in [-0.39, 0.29) is 17.9 Å². The number of hydrogen-bond donors (Lipinski definition) is 1. The van der Waals surface area contributed by atoms with Crippen LogP contribution in [0.5, 0.6) is 0 Å². The molecule has 2 saturated carbocycles. The fraction of sp³-hybridized carbons (Fsp3) is 0.625. The summed E-state index contributed by atoms with van der Waals surface area (Å²) in [5.74, 6) is 1.69. The second-order valence-electron chi connectivity index (χ2n) is 9.25. The summed E-state index contributed by atoms with van der Waals surface area (Å²) in [5.41, 5.74) is 2.04. The van der Waals surface area contributed by atoms with Crippen LogP contribution in [0.1, 0.15) is 92.7 Å². The van der Waals surface area contributed by atoms with Crippen molar-refractivity contribution in [1.29, 1.82) is 0 Å². The Hall–Kier alpha value is -2.21. The molecule has 0 spiro atoms. The van der Waals surface area contributed by atoms with E-state index in [0.29, 0.717) is 17.6 Å². The molecule has 6 heteroatoms. The summed E-state index contributed by atoms with van der Waals surface area (Å²) in [5, 5.41) is 7.75. The SMILES string of the molecule is Cc1ccccc1[C@@H]1C[C@@H]1C(=O)NC1(c2noc([C@H]3CCCO3)n2)CCCCCC1. The predicted molar refractivity (Wildman–Crippen MR) is 112 cm³/mol. The Morgan fingerprint density at radius 2 is 1.93 bits per heavy atom. The summed E-state index contributed by atoms with van der Waals surface area (Å²) >= 11 is 0. The van der Waals surface area contributed by atoms with Crippen molar-refractivity contribution in [1.82, 2.24) is 15.5 Å². The number of amides is 1. The largest absolute Gasteiger partial charge is 0.368 e. The maximum atomic E-state index is 13.3. The molecule has 3 aliphatic rings. The lowest BCUT2D eigenvalue weighted by atomic mass is 9.88. The number of aryl methyl sites for hydroxylation is 1. The van der Waals surface area contributed by atoms with Crippen molar-refractivity contribution in [2.45, 2.75) is 82.3 Å². The lowest BCUT2D eigenvalue weighted by Gasteiger charge is -2.31. The van der Waals surface area contributed by atoms with E-state index in [1.807, 2.05) is 0 Å². The van der Waals surface area contributed by atoms with Gasteiger partial charge in [0.2, 0.25) is 5.91 Å².